The van der Waals surface area contributed by atoms with Gasteiger partial charge in [-0.2, -0.15) is 0 Å². The van der Waals surface area contributed by atoms with Crippen molar-refractivity contribution in [1.29, 1.82) is 0 Å². The van der Waals surface area contributed by atoms with E-state index in [1.165, 1.54) is 31.2 Å². The fourth-order valence-corrected chi connectivity index (χ4v) is 4.78. The standard InChI is InChI=1S/C21H30N2O2.ClH/c24-21(14-17-12-18-6-7-19(13-17)22-18)23-10-8-20(9-11-23)25-15-16-4-2-1-3-5-16;/h1-5,17-20,22H,6-15H2;1H. The molecule has 26 heavy (non-hydrogen) atoms. The van der Waals surface area contributed by atoms with Crippen molar-refractivity contribution in [3.63, 3.8) is 0 Å². The number of hydrogen-bond donors (Lipinski definition) is 1. The van der Waals surface area contributed by atoms with Crippen LogP contribution in [0, 0.1) is 5.92 Å². The Morgan fingerprint density at radius 1 is 1.04 bits per heavy atom. The first-order valence-corrected chi connectivity index (χ1v) is 9.95. The predicted octanol–water partition coefficient (Wildman–Crippen LogP) is 3.54. The van der Waals surface area contributed by atoms with Gasteiger partial charge in [-0.25, -0.2) is 0 Å². The molecule has 144 valence electrons. The first-order valence-electron chi connectivity index (χ1n) is 9.95. The van der Waals surface area contributed by atoms with E-state index in [0.29, 0.717) is 36.6 Å². The van der Waals surface area contributed by atoms with Crippen LogP contribution in [-0.4, -0.2) is 42.1 Å². The van der Waals surface area contributed by atoms with E-state index in [1.54, 1.807) is 0 Å². The number of likely N-dealkylation sites (tertiary alicyclic amines) is 1. The molecule has 2 bridgehead atoms. The molecule has 4 nitrogen and oxygen atoms in total. The first kappa shape index (κ1) is 19.7. The highest BCUT2D eigenvalue weighted by Gasteiger charge is 2.35. The summed E-state index contributed by atoms with van der Waals surface area (Å²) in [5.74, 6) is 0.964. The second-order valence-electron chi connectivity index (χ2n) is 8.06. The van der Waals surface area contributed by atoms with E-state index >= 15 is 0 Å². The van der Waals surface area contributed by atoms with Crippen molar-refractivity contribution in [2.24, 2.45) is 5.92 Å². The van der Waals surface area contributed by atoms with Crippen molar-refractivity contribution in [1.82, 2.24) is 10.2 Å². The van der Waals surface area contributed by atoms with Crippen LogP contribution in [0.5, 0.6) is 0 Å². The van der Waals surface area contributed by atoms with Gasteiger partial charge in [0.15, 0.2) is 0 Å². The third-order valence-electron chi connectivity index (χ3n) is 6.16. The maximum absolute atomic E-state index is 12.7. The number of piperidine rings is 2. The van der Waals surface area contributed by atoms with E-state index in [-0.39, 0.29) is 12.4 Å². The zero-order valence-electron chi connectivity index (χ0n) is 15.4. The molecule has 1 aromatic carbocycles. The van der Waals surface area contributed by atoms with Gasteiger partial charge in [0.05, 0.1) is 12.7 Å². The van der Waals surface area contributed by atoms with E-state index in [1.807, 2.05) is 18.2 Å². The number of carbonyl (C=O) groups is 1. The van der Waals surface area contributed by atoms with Crippen molar-refractivity contribution in [2.45, 2.75) is 69.7 Å². The van der Waals surface area contributed by atoms with Gasteiger partial charge in [-0.05, 0) is 50.0 Å². The van der Waals surface area contributed by atoms with Gasteiger partial charge in [0, 0.05) is 31.6 Å². The minimum Gasteiger partial charge on any atom is -0.373 e. The van der Waals surface area contributed by atoms with Crippen LogP contribution in [0.2, 0.25) is 0 Å². The Balaban J connectivity index is 0.00000196. The number of amides is 1. The summed E-state index contributed by atoms with van der Waals surface area (Å²) in [7, 11) is 0. The monoisotopic (exact) mass is 378 g/mol. The topological polar surface area (TPSA) is 41.6 Å². The zero-order chi connectivity index (χ0) is 17.1. The maximum atomic E-state index is 12.7. The molecule has 4 rings (SSSR count). The van der Waals surface area contributed by atoms with Crippen LogP contribution in [0.15, 0.2) is 30.3 Å². The Morgan fingerprint density at radius 2 is 1.69 bits per heavy atom. The number of benzene rings is 1. The van der Waals surface area contributed by atoms with E-state index in [9.17, 15) is 4.79 Å². The molecule has 3 heterocycles. The summed E-state index contributed by atoms with van der Waals surface area (Å²) >= 11 is 0. The Morgan fingerprint density at radius 3 is 2.35 bits per heavy atom. The van der Waals surface area contributed by atoms with Gasteiger partial charge in [-0.1, -0.05) is 30.3 Å². The third kappa shape index (κ3) is 4.99. The van der Waals surface area contributed by atoms with Crippen LogP contribution in [0.3, 0.4) is 0 Å². The molecule has 0 saturated carbocycles. The summed E-state index contributed by atoms with van der Waals surface area (Å²) in [5.41, 5.74) is 1.22. The van der Waals surface area contributed by atoms with Crippen LogP contribution >= 0.6 is 12.4 Å². The van der Waals surface area contributed by atoms with E-state index in [0.717, 1.165) is 32.4 Å². The number of hydrogen-bond acceptors (Lipinski definition) is 3. The van der Waals surface area contributed by atoms with Gasteiger partial charge < -0.3 is 15.0 Å². The third-order valence-corrected chi connectivity index (χ3v) is 6.16. The maximum Gasteiger partial charge on any atom is 0.222 e. The van der Waals surface area contributed by atoms with Gasteiger partial charge >= 0.3 is 0 Å². The Bertz CT molecular complexity index is 563. The van der Waals surface area contributed by atoms with Crippen LogP contribution in [0.4, 0.5) is 0 Å². The number of halogens is 1. The summed E-state index contributed by atoms with van der Waals surface area (Å²) in [4.78, 5) is 14.7. The van der Waals surface area contributed by atoms with Gasteiger partial charge in [0.25, 0.3) is 0 Å². The summed E-state index contributed by atoms with van der Waals surface area (Å²) < 4.78 is 6.04. The normalized spacial score (nSPS) is 28.6. The predicted molar refractivity (Wildman–Crippen MR) is 105 cm³/mol. The fourth-order valence-electron chi connectivity index (χ4n) is 4.78. The second kappa shape index (κ2) is 9.20. The highest BCUT2D eigenvalue weighted by Crippen LogP contribution is 2.33. The minimum atomic E-state index is 0. The molecule has 2 atom stereocenters. The lowest BCUT2D eigenvalue weighted by Gasteiger charge is -2.34. The number of rotatable bonds is 5. The molecule has 0 aromatic heterocycles. The minimum absolute atomic E-state index is 0. The average molecular weight is 379 g/mol. The molecule has 3 fully saturated rings. The van der Waals surface area contributed by atoms with Crippen molar-refractivity contribution in [3.8, 4) is 0 Å². The summed E-state index contributed by atoms with van der Waals surface area (Å²) in [5, 5.41) is 3.66. The lowest BCUT2D eigenvalue weighted by Crippen LogP contribution is -2.43. The molecule has 5 heteroatoms. The van der Waals surface area contributed by atoms with E-state index < -0.39 is 0 Å². The van der Waals surface area contributed by atoms with Crippen LogP contribution in [0.25, 0.3) is 0 Å². The molecule has 3 aliphatic heterocycles. The lowest BCUT2D eigenvalue weighted by atomic mass is 9.89. The van der Waals surface area contributed by atoms with Crippen molar-refractivity contribution in [2.75, 3.05) is 13.1 Å². The average Bonchev–Trinajstić information content (AvgIpc) is 2.99. The molecule has 0 radical (unpaired) electrons. The molecule has 1 amide bonds. The fraction of sp³-hybridized carbons (Fsp3) is 0.667. The number of carbonyl (C=O) groups excluding carboxylic acids is 1. The van der Waals surface area contributed by atoms with Crippen molar-refractivity contribution >= 4 is 18.3 Å². The highest BCUT2D eigenvalue weighted by molar-refractivity contribution is 5.85. The zero-order valence-corrected chi connectivity index (χ0v) is 16.3. The van der Waals surface area contributed by atoms with Crippen LogP contribution in [0.1, 0.15) is 50.5 Å². The first-order chi connectivity index (χ1) is 12.3. The number of ether oxygens (including phenoxy) is 1. The Labute approximate surface area is 163 Å². The number of fused-ring (bicyclic) bond motifs is 2. The van der Waals surface area contributed by atoms with Crippen LogP contribution < -0.4 is 5.32 Å². The molecule has 0 aliphatic carbocycles. The molecule has 2 unspecified atom stereocenters. The number of nitrogens with zero attached hydrogens (tertiary/aromatic N) is 1. The van der Waals surface area contributed by atoms with Gasteiger partial charge in [0.2, 0.25) is 5.91 Å². The van der Waals surface area contributed by atoms with E-state index in [2.05, 4.69) is 22.3 Å². The van der Waals surface area contributed by atoms with Gasteiger partial charge in [0.1, 0.15) is 0 Å². The Hall–Kier alpha value is -1.10. The molecule has 0 spiro atoms. The number of nitrogens with one attached hydrogen (secondary N) is 1. The quantitative estimate of drug-likeness (QED) is 0.852. The molecule has 3 saturated heterocycles. The second-order valence-corrected chi connectivity index (χ2v) is 8.06. The summed E-state index contributed by atoms with van der Waals surface area (Å²) in [6, 6.07) is 11.7. The smallest absolute Gasteiger partial charge is 0.222 e. The lowest BCUT2D eigenvalue weighted by molar-refractivity contribution is -0.135. The van der Waals surface area contributed by atoms with Crippen LogP contribution in [-0.2, 0) is 16.1 Å². The molecule has 1 N–H and O–H groups in total. The SMILES string of the molecule is Cl.O=C(CC1CC2CCC(C1)N2)N1CCC(OCc2ccccc2)CC1. The van der Waals surface area contributed by atoms with Gasteiger partial charge in [-0.3, -0.25) is 4.79 Å². The van der Waals surface area contributed by atoms with Crippen molar-refractivity contribution < 1.29 is 9.53 Å². The summed E-state index contributed by atoms with van der Waals surface area (Å²) in [6.45, 7) is 2.39. The van der Waals surface area contributed by atoms with Gasteiger partial charge in [-0.15, -0.1) is 12.4 Å². The Kier molecular flexibility index (Phi) is 6.96. The largest absolute Gasteiger partial charge is 0.373 e. The highest BCUT2D eigenvalue weighted by atomic mass is 35.5. The molecule has 3 aliphatic rings. The molecule has 1 aromatic rings. The van der Waals surface area contributed by atoms with E-state index in [4.69, 9.17) is 4.74 Å². The van der Waals surface area contributed by atoms with Crippen molar-refractivity contribution in [3.05, 3.63) is 35.9 Å². The molecular weight excluding hydrogens is 348 g/mol. The summed E-state index contributed by atoms with van der Waals surface area (Å²) in [6.07, 6.45) is 7.98. The molecular formula is C21H31ClN2O2.